The lowest BCUT2D eigenvalue weighted by atomic mass is 9.80. The minimum absolute atomic E-state index is 0.0920. The third kappa shape index (κ3) is 3.56. The van der Waals surface area contributed by atoms with Crippen molar-refractivity contribution in [2.24, 2.45) is 5.92 Å². The number of benzene rings is 2. The quantitative estimate of drug-likeness (QED) is 0.883. The number of carboxylic acid groups (broad SMARTS) is 1. The molecule has 0 radical (unpaired) electrons. The second-order valence-electron chi connectivity index (χ2n) is 6.09. The number of ether oxygens (including phenoxy) is 1. The van der Waals surface area contributed by atoms with Crippen LogP contribution in [0.1, 0.15) is 28.8 Å². The molecule has 0 spiro atoms. The highest BCUT2D eigenvalue weighted by molar-refractivity contribution is 5.97. The first kappa shape index (κ1) is 16.1. The van der Waals surface area contributed by atoms with Gasteiger partial charge in [-0.15, -0.1) is 0 Å². The Balaban J connectivity index is 1.70. The molecule has 2 aromatic carbocycles. The van der Waals surface area contributed by atoms with E-state index in [1.807, 2.05) is 37.3 Å². The number of carboxylic acids is 1. The van der Waals surface area contributed by atoms with Crippen molar-refractivity contribution >= 4 is 11.9 Å². The molecule has 1 saturated carbocycles. The van der Waals surface area contributed by atoms with E-state index in [1.54, 1.807) is 18.2 Å². The molecule has 0 saturated heterocycles. The Morgan fingerprint density at radius 3 is 2.58 bits per heavy atom. The normalized spacial score (nSPS) is 19.2. The summed E-state index contributed by atoms with van der Waals surface area (Å²) in [6, 6.07) is 14.6. The molecule has 0 unspecified atom stereocenters. The van der Waals surface area contributed by atoms with E-state index in [0.29, 0.717) is 29.9 Å². The molecule has 1 amide bonds. The van der Waals surface area contributed by atoms with Crippen LogP contribution in [-0.4, -0.2) is 23.0 Å². The minimum Gasteiger partial charge on any atom is -0.481 e. The van der Waals surface area contributed by atoms with Gasteiger partial charge in [0.1, 0.15) is 11.5 Å². The first-order valence-corrected chi connectivity index (χ1v) is 7.90. The van der Waals surface area contributed by atoms with Crippen molar-refractivity contribution in [3.63, 3.8) is 0 Å². The van der Waals surface area contributed by atoms with E-state index in [0.717, 1.165) is 5.56 Å². The van der Waals surface area contributed by atoms with E-state index in [-0.39, 0.29) is 17.9 Å². The zero-order valence-electron chi connectivity index (χ0n) is 13.4. The van der Waals surface area contributed by atoms with Gasteiger partial charge in [0.2, 0.25) is 0 Å². The summed E-state index contributed by atoms with van der Waals surface area (Å²) in [5.74, 6) is -0.246. The molecule has 0 bridgehead atoms. The topological polar surface area (TPSA) is 75.6 Å². The smallest absolute Gasteiger partial charge is 0.306 e. The molecule has 24 heavy (non-hydrogen) atoms. The maximum absolute atomic E-state index is 12.5. The Labute approximate surface area is 140 Å². The fourth-order valence-corrected chi connectivity index (χ4v) is 2.75. The third-order valence-corrected chi connectivity index (χ3v) is 4.17. The first-order chi connectivity index (χ1) is 11.5. The Morgan fingerprint density at radius 2 is 1.88 bits per heavy atom. The van der Waals surface area contributed by atoms with Crippen molar-refractivity contribution in [1.29, 1.82) is 0 Å². The number of aryl methyl sites for hydroxylation is 1. The van der Waals surface area contributed by atoms with Gasteiger partial charge in [0, 0.05) is 6.04 Å². The van der Waals surface area contributed by atoms with Crippen molar-refractivity contribution in [1.82, 2.24) is 5.32 Å². The van der Waals surface area contributed by atoms with Crippen molar-refractivity contribution in [3.8, 4) is 11.5 Å². The number of aliphatic carboxylic acids is 1. The Morgan fingerprint density at radius 1 is 1.12 bits per heavy atom. The average molecular weight is 325 g/mol. The largest absolute Gasteiger partial charge is 0.481 e. The summed E-state index contributed by atoms with van der Waals surface area (Å²) < 4.78 is 5.85. The third-order valence-electron chi connectivity index (χ3n) is 4.17. The summed E-state index contributed by atoms with van der Waals surface area (Å²) in [6.45, 7) is 1.97. The molecule has 0 aliphatic heterocycles. The van der Waals surface area contributed by atoms with Crippen LogP contribution in [0.15, 0.2) is 48.5 Å². The zero-order chi connectivity index (χ0) is 17.1. The molecule has 1 aliphatic carbocycles. The number of carbonyl (C=O) groups excluding carboxylic acids is 1. The number of carbonyl (C=O) groups is 2. The van der Waals surface area contributed by atoms with Crippen LogP contribution in [-0.2, 0) is 4.79 Å². The van der Waals surface area contributed by atoms with Gasteiger partial charge in [-0.1, -0.05) is 24.3 Å². The van der Waals surface area contributed by atoms with Gasteiger partial charge in [-0.2, -0.15) is 0 Å². The summed E-state index contributed by atoms with van der Waals surface area (Å²) >= 11 is 0. The van der Waals surface area contributed by atoms with Crippen LogP contribution >= 0.6 is 0 Å². The molecular formula is C19H19NO4. The predicted molar refractivity (Wildman–Crippen MR) is 89.3 cm³/mol. The highest BCUT2D eigenvalue weighted by atomic mass is 16.5. The second kappa shape index (κ2) is 6.74. The molecule has 2 aromatic rings. The van der Waals surface area contributed by atoms with E-state index < -0.39 is 5.97 Å². The number of hydrogen-bond acceptors (Lipinski definition) is 3. The van der Waals surface area contributed by atoms with E-state index >= 15 is 0 Å². The molecule has 5 heteroatoms. The maximum Gasteiger partial charge on any atom is 0.306 e. The lowest BCUT2D eigenvalue weighted by Gasteiger charge is -2.32. The van der Waals surface area contributed by atoms with Gasteiger partial charge in [-0.05, 0) is 49.6 Å². The summed E-state index contributed by atoms with van der Waals surface area (Å²) in [6.07, 6.45) is 0.948. The van der Waals surface area contributed by atoms with Crippen molar-refractivity contribution < 1.29 is 19.4 Å². The average Bonchev–Trinajstić information content (AvgIpc) is 2.50. The number of amides is 1. The van der Waals surface area contributed by atoms with Crippen LogP contribution in [0.25, 0.3) is 0 Å². The summed E-state index contributed by atoms with van der Waals surface area (Å²) in [7, 11) is 0. The van der Waals surface area contributed by atoms with Gasteiger partial charge in [0.15, 0.2) is 0 Å². The molecule has 124 valence electrons. The van der Waals surface area contributed by atoms with Crippen molar-refractivity contribution in [2.45, 2.75) is 25.8 Å². The molecule has 1 aliphatic rings. The van der Waals surface area contributed by atoms with Crippen LogP contribution in [0.2, 0.25) is 0 Å². The monoisotopic (exact) mass is 325 g/mol. The number of rotatable bonds is 5. The van der Waals surface area contributed by atoms with Gasteiger partial charge >= 0.3 is 5.97 Å². The van der Waals surface area contributed by atoms with E-state index in [1.165, 1.54) is 0 Å². The molecule has 0 atom stereocenters. The zero-order valence-corrected chi connectivity index (χ0v) is 13.4. The molecule has 3 rings (SSSR count). The maximum atomic E-state index is 12.5. The molecule has 1 fully saturated rings. The SMILES string of the molecule is Cc1cccc(Oc2ccccc2C(=O)NC2CC(C(=O)O)C2)c1. The van der Waals surface area contributed by atoms with Gasteiger partial charge in [0.25, 0.3) is 5.91 Å². The van der Waals surface area contributed by atoms with Crippen LogP contribution in [0.4, 0.5) is 0 Å². The van der Waals surface area contributed by atoms with Crippen molar-refractivity contribution in [2.75, 3.05) is 0 Å². The van der Waals surface area contributed by atoms with Crippen LogP contribution in [0.5, 0.6) is 11.5 Å². The number of para-hydroxylation sites is 1. The molecular weight excluding hydrogens is 306 g/mol. The number of hydrogen-bond donors (Lipinski definition) is 2. The Kier molecular flexibility index (Phi) is 4.51. The Hall–Kier alpha value is -2.82. The molecule has 5 nitrogen and oxygen atoms in total. The van der Waals surface area contributed by atoms with Crippen LogP contribution in [0, 0.1) is 12.8 Å². The first-order valence-electron chi connectivity index (χ1n) is 7.90. The van der Waals surface area contributed by atoms with E-state index in [9.17, 15) is 9.59 Å². The van der Waals surface area contributed by atoms with Gasteiger partial charge in [-0.25, -0.2) is 0 Å². The fourth-order valence-electron chi connectivity index (χ4n) is 2.75. The second-order valence-corrected chi connectivity index (χ2v) is 6.09. The summed E-state index contributed by atoms with van der Waals surface area (Å²) in [5.41, 5.74) is 1.52. The highest BCUT2D eigenvalue weighted by Gasteiger charge is 2.35. The van der Waals surface area contributed by atoms with Crippen LogP contribution in [0.3, 0.4) is 0 Å². The minimum atomic E-state index is -0.802. The highest BCUT2D eigenvalue weighted by Crippen LogP contribution is 2.29. The van der Waals surface area contributed by atoms with E-state index in [2.05, 4.69) is 5.32 Å². The van der Waals surface area contributed by atoms with Crippen LogP contribution < -0.4 is 10.1 Å². The summed E-state index contributed by atoms with van der Waals surface area (Å²) in [5, 5.41) is 11.8. The lowest BCUT2D eigenvalue weighted by molar-refractivity contribution is -0.145. The summed E-state index contributed by atoms with van der Waals surface area (Å²) in [4.78, 5) is 23.3. The van der Waals surface area contributed by atoms with Gasteiger partial charge in [0.05, 0.1) is 11.5 Å². The standard InChI is InChI=1S/C19H19NO4/c1-12-5-4-6-15(9-12)24-17-8-3-2-7-16(17)18(21)20-14-10-13(11-14)19(22)23/h2-9,13-14H,10-11H2,1H3,(H,20,21)(H,22,23). The molecule has 0 heterocycles. The molecule has 0 aromatic heterocycles. The fraction of sp³-hybridized carbons (Fsp3) is 0.263. The van der Waals surface area contributed by atoms with Gasteiger partial charge in [-0.3, -0.25) is 9.59 Å². The molecule has 2 N–H and O–H groups in total. The Bertz CT molecular complexity index is 765. The van der Waals surface area contributed by atoms with Gasteiger partial charge < -0.3 is 15.2 Å². The van der Waals surface area contributed by atoms with E-state index in [4.69, 9.17) is 9.84 Å². The number of nitrogens with one attached hydrogen (secondary N) is 1. The predicted octanol–water partition coefficient (Wildman–Crippen LogP) is 3.38. The van der Waals surface area contributed by atoms with Crippen molar-refractivity contribution in [3.05, 3.63) is 59.7 Å². The lowest BCUT2D eigenvalue weighted by Crippen LogP contribution is -2.46.